The Balaban J connectivity index is 1.98. The molecule has 1 unspecified atom stereocenters. The largest absolute Gasteiger partial charge is 0.481 e. The summed E-state index contributed by atoms with van der Waals surface area (Å²) in [6.07, 6.45) is 1.95. The number of benzene rings is 1. The van der Waals surface area contributed by atoms with Gasteiger partial charge in [-0.05, 0) is 30.5 Å². The Labute approximate surface area is 139 Å². The highest BCUT2D eigenvalue weighted by Crippen LogP contribution is 2.39. The van der Waals surface area contributed by atoms with E-state index in [0.717, 1.165) is 0 Å². The van der Waals surface area contributed by atoms with Gasteiger partial charge in [0.25, 0.3) is 5.91 Å². The predicted octanol–water partition coefficient (Wildman–Crippen LogP) is 2.95. The third-order valence-electron chi connectivity index (χ3n) is 5.02. The number of fused-ring (bicyclic) bond motifs is 1. The second-order valence-electron chi connectivity index (χ2n) is 6.62. The van der Waals surface area contributed by atoms with Crippen molar-refractivity contribution in [1.82, 2.24) is 9.88 Å². The number of pyridine rings is 1. The molecule has 0 saturated carbocycles. The van der Waals surface area contributed by atoms with Gasteiger partial charge in [-0.2, -0.15) is 0 Å². The fraction of sp³-hybridized carbons (Fsp3) is 0.389. The molecule has 6 heteroatoms. The lowest BCUT2D eigenvalue weighted by molar-refractivity contribution is -0.150. The van der Waals surface area contributed by atoms with E-state index >= 15 is 0 Å². The number of hydrogen-bond acceptors (Lipinski definition) is 3. The molecule has 1 fully saturated rings. The number of likely N-dealkylation sites (tertiary alicyclic amines) is 1. The van der Waals surface area contributed by atoms with E-state index in [1.54, 1.807) is 18.3 Å². The number of carboxylic acids is 1. The van der Waals surface area contributed by atoms with Crippen LogP contribution in [0.1, 0.15) is 30.6 Å². The molecular weight excluding hydrogens is 311 g/mol. The van der Waals surface area contributed by atoms with E-state index in [-0.39, 0.29) is 23.9 Å². The lowest BCUT2D eigenvalue weighted by Gasteiger charge is -2.28. The Morgan fingerprint density at radius 2 is 2.12 bits per heavy atom. The van der Waals surface area contributed by atoms with Crippen LogP contribution in [0.2, 0.25) is 0 Å². The van der Waals surface area contributed by atoms with E-state index in [0.29, 0.717) is 23.9 Å². The lowest BCUT2D eigenvalue weighted by Crippen LogP contribution is -2.40. The van der Waals surface area contributed by atoms with Gasteiger partial charge in [0.2, 0.25) is 0 Å². The van der Waals surface area contributed by atoms with Crippen LogP contribution in [0.15, 0.2) is 30.5 Å². The molecule has 1 aromatic heterocycles. The fourth-order valence-electron chi connectivity index (χ4n) is 3.39. The average Bonchev–Trinajstić information content (AvgIpc) is 3.00. The number of aliphatic carboxylic acids is 1. The molecule has 2 aromatic rings. The summed E-state index contributed by atoms with van der Waals surface area (Å²) in [7, 11) is 0. The number of aromatic nitrogens is 1. The summed E-state index contributed by atoms with van der Waals surface area (Å²) in [6.45, 7) is 4.17. The minimum absolute atomic E-state index is 0.102. The molecule has 3 rings (SSSR count). The second-order valence-corrected chi connectivity index (χ2v) is 6.62. The number of nitrogens with zero attached hydrogens (tertiary/aromatic N) is 2. The Kier molecular flexibility index (Phi) is 3.99. The van der Waals surface area contributed by atoms with Crippen LogP contribution < -0.4 is 0 Å². The van der Waals surface area contributed by atoms with Gasteiger partial charge in [-0.15, -0.1) is 0 Å². The Morgan fingerprint density at radius 1 is 1.38 bits per heavy atom. The topological polar surface area (TPSA) is 70.5 Å². The maximum Gasteiger partial charge on any atom is 0.311 e. The highest BCUT2D eigenvalue weighted by Gasteiger charge is 2.48. The number of carbonyl (C=O) groups excluding carboxylic acids is 1. The molecular formula is C18H19FN2O3. The number of rotatable bonds is 3. The normalized spacial score (nSPS) is 20.8. The molecule has 1 aliphatic heterocycles. The van der Waals surface area contributed by atoms with E-state index in [4.69, 9.17) is 0 Å². The summed E-state index contributed by atoms with van der Waals surface area (Å²) in [5, 5.41) is 10.2. The minimum Gasteiger partial charge on any atom is -0.481 e. The monoisotopic (exact) mass is 330 g/mol. The molecule has 1 atom stereocenters. The van der Waals surface area contributed by atoms with Crippen LogP contribution >= 0.6 is 0 Å². The van der Waals surface area contributed by atoms with Crippen molar-refractivity contribution in [3.8, 4) is 0 Å². The summed E-state index contributed by atoms with van der Waals surface area (Å²) in [5.74, 6) is -1.88. The molecule has 5 nitrogen and oxygen atoms in total. The molecule has 1 N–H and O–H groups in total. The van der Waals surface area contributed by atoms with Gasteiger partial charge < -0.3 is 10.0 Å². The SMILES string of the molecule is CC(C)C1(C(=O)O)CCN(C(=O)c2cc(F)cc3cccnc23)C1. The van der Waals surface area contributed by atoms with Crippen molar-refractivity contribution in [1.29, 1.82) is 0 Å². The molecule has 1 saturated heterocycles. The van der Waals surface area contributed by atoms with Gasteiger partial charge in [-0.25, -0.2) is 4.39 Å². The second kappa shape index (κ2) is 5.85. The summed E-state index contributed by atoms with van der Waals surface area (Å²) in [6, 6.07) is 5.88. The molecule has 0 spiro atoms. The first-order valence-corrected chi connectivity index (χ1v) is 7.92. The van der Waals surface area contributed by atoms with Crippen molar-refractivity contribution in [2.75, 3.05) is 13.1 Å². The van der Waals surface area contributed by atoms with Crippen LogP contribution in [0.3, 0.4) is 0 Å². The van der Waals surface area contributed by atoms with Gasteiger partial charge in [0, 0.05) is 24.7 Å². The van der Waals surface area contributed by atoms with Crippen molar-refractivity contribution in [3.63, 3.8) is 0 Å². The number of hydrogen-bond donors (Lipinski definition) is 1. The zero-order chi connectivity index (χ0) is 17.5. The molecule has 1 aromatic carbocycles. The van der Waals surface area contributed by atoms with Crippen LogP contribution in [0.25, 0.3) is 10.9 Å². The van der Waals surface area contributed by atoms with Crippen LogP contribution in [-0.4, -0.2) is 40.0 Å². The molecule has 1 aliphatic rings. The van der Waals surface area contributed by atoms with Gasteiger partial charge in [0.15, 0.2) is 0 Å². The van der Waals surface area contributed by atoms with Crippen LogP contribution in [0, 0.1) is 17.2 Å². The molecule has 0 bridgehead atoms. The van der Waals surface area contributed by atoms with Crippen molar-refractivity contribution in [2.45, 2.75) is 20.3 Å². The Bertz CT molecular complexity index is 821. The first-order valence-electron chi connectivity index (χ1n) is 7.92. The maximum absolute atomic E-state index is 13.9. The van der Waals surface area contributed by atoms with Crippen LogP contribution in [0.5, 0.6) is 0 Å². The fourth-order valence-corrected chi connectivity index (χ4v) is 3.39. The molecule has 0 radical (unpaired) electrons. The summed E-state index contributed by atoms with van der Waals surface area (Å²) in [5.41, 5.74) is -0.344. The van der Waals surface area contributed by atoms with Crippen molar-refractivity contribution >= 4 is 22.8 Å². The third kappa shape index (κ3) is 2.52. The first-order chi connectivity index (χ1) is 11.3. The van der Waals surface area contributed by atoms with Crippen LogP contribution in [0.4, 0.5) is 4.39 Å². The van der Waals surface area contributed by atoms with Gasteiger partial charge in [-0.1, -0.05) is 19.9 Å². The molecule has 1 amide bonds. The van der Waals surface area contributed by atoms with E-state index < -0.39 is 17.2 Å². The molecule has 2 heterocycles. The first kappa shape index (κ1) is 16.4. The summed E-state index contributed by atoms with van der Waals surface area (Å²) < 4.78 is 13.9. The Hall–Kier alpha value is -2.50. The van der Waals surface area contributed by atoms with Crippen LogP contribution in [-0.2, 0) is 4.79 Å². The molecule has 126 valence electrons. The van der Waals surface area contributed by atoms with Crippen molar-refractivity contribution in [2.24, 2.45) is 11.3 Å². The third-order valence-corrected chi connectivity index (χ3v) is 5.02. The van der Waals surface area contributed by atoms with Gasteiger partial charge in [0.1, 0.15) is 5.82 Å². The van der Waals surface area contributed by atoms with E-state index in [1.807, 2.05) is 13.8 Å². The van der Waals surface area contributed by atoms with Crippen molar-refractivity contribution < 1.29 is 19.1 Å². The highest BCUT2D eigenvalue weighted by atomic mass is 19.1. The Morgan fingerprint density at radius 3 is 2.75 bits per heavy atom. The number of halogens is 1. The minimum atomic E-state index is -0.952. The number of amides is 1. The van der Waals surface area contributed by atoms with Crippen molar-refractivity contribution in [3.05, 3.63) is 41.8 Å². The number of carbonyl (C=O) groups is 2. The summed E-state index contributed by atoms with van der Waals surface area (Å²) >= 11 is 0. The van der Waals surface area contributed by atoms with E-state index in [9.17, 15) is 19.1 Å². The average molecular weight is 330 g/mol. The van der Waals surface area contributed by atoms with E-state index in [1.165, 1.54) is 17.0 Å². The zero-order valence-electron chi connectivity index (χ0n) is 13.6. The zero-order valence-corrected chi connectivity index (χ0v) is 13.6. The predicted molar refractivity (Wildman–Crippen MR) is 87.1 cm³/mol. The quantitative estimate of drug-likeness (QED) is 0.939. The number of carboxylic acid groups (broad SMARTS) is 1. The maximum atomic E-state index is 13.9. The lowest BCUT2D eigenvalue weighted by atomic mass is 9.76. The highest BCUT2D eigenvalue weighted by molar-refractivity contribution is 6.05. The standard InChI is InChI=1S/C18H19FN2O3/c1-11(2)18(17(23)24)5-7-21(10-18)16(22)14-9-13(19)8-12-4-3-6-20-15(12)14/h3-4,6,8-9,11H,5,7,10H2,1-2H3,(H,23,24). The smallest absolute Gasteiger partial charge is 0.311 e. The molecule has 24 heavy (non-hydrogen) atoms. The van der Waals surface area contributed by atoms with E-state index in [2.05, 4.69) is 4.98 Å². The van der Waals surface area contributed by atoms with Gasteiger partial charge >= 0.3 is 5.97 Å². The molecule has 0 aliphatic carbocycles. The van der Waals surface area contributed by atoms with Gasteiger partial charge in [-0.3, -0.25) is 14.6 Å². The van der Waals surface area contributed by atoms with Gasteiger partial charge in [0.05, 0.1) is 16.5 Å². The summed E-state index contributed by atoms with van der Waals surface area (Å²) in [4.78, 5) is 30.3.